The summed E-state index contributed by atoms with van der Waals surface area (Å²) in [5.74, 6) is -0.771. The van der Waals surface area contributed by atoms with Crippen molar-refractivity contribution >= 4 is 57.4 Å². The fraction of sp³-hybridized carbons (Fsp3) is 0.240. The van der Waals surface area contributed by atoms with Gasteiger partial charge in [0, 0.05) is 54.9 Å². The Morgan fingerprint density at radius 1 is 1.00 bits per heavy atom. The number of rotatable bonds is 6. The lowest BCUT2D eigenvalue weighted by molar-refractivity contribution is -0.133. The van der Waals surface area contributed by atoms with Gasteiger partial charge in [-0.15, -0.1) is 11.3 Å². The second-order valence-electron chi connectivity index (χ2n) is 8.36. The summed E-state index contributed by atoms with van der Waals surface area (Å²) in [7, 11) is 0. The predicted octanol–water partition coefficient (Wildman–Crippen LogP) is 3.45. The highest BCUT2D eigenvalue weighted by atomic mass is 32.2. The van der Waals surface area contributed by atoms with E-state index in [0.29, 0.717) is 37.6 Å². The maximum Gasteiger partial charge on any atom is 0.286 e. The van der Waals surface area contributed by atoms with Gasteiger partial charge in [-0.2, -0.15) is 0 Å². The van der Waals surface area contributed by atoms with Crippen molar-refractivity contribution in [1.29, 1.82) is 0 Å². The van der Waals surface area contributed by atoms with Crippen LogP contribution < -0.4 is 15.5 Å². The summed E-state index contributed by atoms with van der Waals surface area (Å²) in [6, 6.07) is 17.3. The van der Waals surface area contributed by atoms with Crippen LogP contribution in [0.4, 0.5) is 16.2 Å². The number of piperazine rings is 1. The molecule has 2 saturated heterocycles. The van der Waals surface area contributed by atoms with E-state index < -0.39 is 16.4 Å². The zero-order chi connectivity index (χ0) is 25.1. The number of carbonyl (C=O) groups excluding carboxylic acids is 4. The molecule has 9 nitrogen and oxygen atoms in total. The molecule has 2 aliphatic heterocycles. The van der Waals surface area contributed by atoms with Gasteiger partial charge in [-0.3, -0.25) is 24.5 Å². The Bertz CT molecular complexity index is 1290. The van der Waals surface area contributed by atoms with E-state index in [-0.39, 0.29) is 18.2 Å². The first-order valence-corrected chi connectivity index (χ1v) is 13.2. The van der Waals surface area contributed by atoms with E-state index in [1.165, 1.54) is 11.3 Å². The quantitative estimate of drug-likeness (QED) is 0.511. The lowest BCUT2D eigenvalue weighted by Gasteiger charge is -2.36. The van der Waals surface area contributed by atoms with Crippen LogP contribution in [0.3, 0.4) is 0 Å². The van der Waals surface area contributed by atoms with E-state index in [1.54, 1.807) is 10.3 Å². The van der Waals surface area contributed by atoms with Crippen molar-refractivity contribution in [2.75, 3.05) is 36.4 Å². The molecular weight excluding hydrogens is 498 g/mol. The molecule has 1 unspecified atom stereocenters. The Balaban J connectivity index is 1.12. The van der Waals surface area contributed by atoms with E-state index in [0.717, 1.165) is 28.0 Å². The van der Waals surface area contributed by atoms with E-state index in [2.05, 4.69) is 20.5 Å². The Morgan fingerprint density at radius 3 is 2.39 bits per heavy atom. The van der Waals surface area contributed by atoms with Crippen molar-refractivity contribution in [2.45, 2.75) is 11.7 Å². The Hall–Kier alpha value is -3.70. The molecule has 2 aromatic carbocycles. The fourth-order valence-corrected chi connectivity index (χ4v) is 5.69. The molecule has 0 radical (unpaired) electrons. The zero-order valence-corrected chi connectivity index (χ0v) is 20.8. The summed E-state index contributed by atoms with van der Waals surface area (Å²) in [5, 5.41) is 6.62. The van der Waals surface area contributed by atoms with Crippen molar-refractivity contribution in [3.63, 3.8) is 0 Å². The summed E-state index contributed by atoms with van der Waals surface area (Å²) in [5.41, 5.74) is 3.03. The number of nitrogens with one attached hydrogen (secondary N) is 2. The van der Waals surface area contributed by atoms with Crippen molar-refractivity contribution in [3.05, 3.63) is 65.7 Å². The standard InChI is InChI=1S/C25H23N5O4S2/c31-21(14-20-23(33)28-25(34)36-20)30-12-10-29(11-13-30)18-8-6-17(7-9-18)26-22(32)19-15-35-24(27-19)16-4-2-1-3-5-16/h1-9,15,20H,10-14H2,(H,26,32)(H,28,33,34). The van der Waals surface area contributed by atoms with E-state index in [4.69, 9.17) is 0 Å². The number of imide groups is 1. The number of benzene rings is 2. The lowest BCUT2D eigenvalue weighted by Crippen LogP contribution is -2.49. The van der Waals surface area contributed by atoms with E-state index in [9.17, 15) is 19.2 Å². The highest BCUT2D eigenvalue weighted by Crippen LogP contribution is 2.26. The third-order valence-electron chi connectivity index (χ3n) is 6.01. The van der Waals surface area contributed by atoms with Gasteiger partial charge < -0.3 is 15.1 Å². The molecular formula is C25H23N5O4S2. The van der Waals surface area contributed by atoms with Crippen LogP contribution in [0.5, 0.6) is 0 Å². The van der Waals surface area contributed by atoms with Crippen LogP contribution in [0, 0.1) is 0 Å². The fourth-order valence-electron chi connectivity index (χ4n) is 4.07. The first kappa shape index (κ1) is 24.0. The molecule has 2 fully saturated rings. The third kappa shape index (κ3) is 5.42. The second-order valence-corrected chi connectivity index (χ2v) is 10.4. The minimum absolute atomic E-state index is 0.0302. The number of thioether (sulfide) groups is 1. The molecule has 2 aliphatic rings. The maximum atomic E-state index is 12.6. The van der Waals surface area contributed by atoms with Gasteiger partial charge in [-0.25, -0.2) is 4.98 Å². The van der Waals surface area contributed by atoms with Gasteiger partial charge in [0.05, 0.1) is 0 Å². The molecule has 1 atom stereocenters. The topological polar surface area (TPSA) is 112 Å². The molecule has 1 aromatic heterocycles. The average Bonchev–Trinajstić information content (AvgIpc) is 3.51. The summed E-state index contributed by atoms with van der Waals surface area (Å²) in [6.45, 7) is 2.39. The Kier molecular flexibility index (Phi) is 7.01. The molecule has 36 heavy (non-hydrogen) atoms. The van der Waals surface area contributed by atoms with Crippen LogP contribution in [0.15, 0.2) is 60.0 Å². The van der Waals surface area contributed by atoms with Gasteiger partial charge in [0.15, 0.2) is 0 Å². The molecule has 3 aromatic rings. The number of amides is 4. The van der Waals surface area contributed by atoms with Crippen LogP contribution in [-0.2, 0) is 9.59 Å². The van der Waals surface area contributed by atoms with Crippen LogP contribution in [0.1, 0.15) is 16.9 Å². The number of anilines is 2. The minimum atomic E-state index is -0.639. The first-order valence-electron chi connectivity index (χ1n) is 11.4. The van der Waals surface area contributed by atoms with E-state index >= 15 is 0 Å². The molecule has 5 rings (SSSR count). The molecule has 4 amide bonds. The van der Waals surface area contributed by atoms with Crippen molar-refractivity contribution in [2.24, 2.45) is 0 Å². The minimum Gasteiger partial charge on any atom is -0.368 e. The number of nitrogens with zero attached hydrogens (tertiary/aromatic N) is 3. The van der Waals surface area contributed by atoms with Gasteiger partial charge in [0.25, 0.3) is 11.1 Å². The SMILES string of the molecule is O=C1NC(=O)C(CC(=O)N2CCN(c3ccc(NC(=O)c4csc(-c5ccccc5)n4)cc3)CC2)S1. The number of aromatic nitrogens is 1. The highest BCUT2D eigenvalue weighted by Gasteiger charge is 2.35. The number of thiazole rings is 1. The van der Waals surface area contributed by atoms with Gasteiger partial charge in [0.2, 0.25) is 11.8 Å². The van der Waals surface area contributed by atoms with Crippen LogP contribution in [-0.4, -0.2) is 64.3 Å². The monoisotopic (exact) mass is 521 g/mol. The molecule has 2 N–H and O–H groups in total. The summed E-state index contributed by atoms with van der Waals surface area (Å²) < 4.78 is 0. The van der Waals surface area contributed by atoms with Crippen molar-refractivity contribution < 1.29 is 19.2 Å². The number of hydrogen-bond acceptors (Lipinski definition) is 8. The Labute approximate surface area is 215 Å². The first-order chi connectivity index (χ1) is 17.5. The second kappa shape index (κ2) is 10.5. The van der Waals surface area contributed by atoms with Crippen molar-refractivity contribution in [1.82, 2.24) is 15.2 Å². The molecule has 11 heteroatoms. The molecule has 0 spiro atoms. The summed E-state index contributed by atoms with van der Waals surface area (Å²) in [4.78, 5) is 56.6. The number of hydrogen-bond donors (Lipinski definition) is 2. The van der Waals surface area contributed by atoms with Crippen LogP contribution in [0.2, 0.25) is 0 Å². The van der Waals surface area contributed by atoms with Gasteiger partial charge in [0.1, 0.15) is 16.0 Å². The van der Waals surface area contributed by atoms with Gasteiger partial charge >= 0.3 is 0 Å². The largest absolute Gasteiger partial charge is 0.368 e. The van der Waals surface area contributed by atoms with Gasteiger partial charge in [-0.05, 0) is 24.3 Å². The molecule has 0 bridgehead atoms. The average molecular weight is 522 g/mol. The van der Waals surface area contributed by atoms with Crippen molar-refractivity contribution in [3.8, 4) is 10.6 Å². The molecule has 0 saturated carbocycles. The van der Waals surface area contributed by atoms with Crippen LogP contribution >= 0.6 is 23.1 Å². The molecule has 0 aliphatic carbocycles. The summed E-state index contributed by atoms with van der Waals surface area (Å²) in [6.07, 6.45) is 0.0302. The van der Waals surface area contributed by atoms with Gasteiger partial charge in [-0.1, -0.05) is 42.1 Å². The maximum absolute atomic E-state index is 12.6. The zero-order valence-electron chi connectivity index (χ0n) is 19.2. The number of carbonyl (C=O) groups is 4. The third-order valence-corrected chi connectivity index (χ3v) is 7.88. The van der Waals surface area contributed by atoms with Crippen LogP contribution in [0.25, 0.3) is 10.6 Å². The summed E-state index contributed by atoms with van der Waals surface area (Å²) >= 11 is 2.31. The molecule has 3 heterocycles. The smallest absolute Gasteiger partial charge is 0.286 e. The normalized spacial score (nSPS) is 17.7. The predicted molar refractivity (Wildman–Crippen MR) is 140 cm³/mol. The molecule has 184 valence electrons. The highest BCUT2D eigenvalue weighted by molar-refractivity contribution is 8.15. The lowest BCUT2D eigenvalue weighted by atomic mass is 10.2. The Morgan fingerprint density at radius 2 is 1.72 bits per heavy atom. The van der Waals surface area contributed by atoms with E-state index in [1.807, 2.05) is 54.6 Å².